The van der Waals surface area contributed by atoms with Crippen LogP contribution in [0, 0.1) is 0 Å². The van der Waals surface area contributed by atoms with E-state index in [-0.39, 0.29) is 5.91 Å². The van der Waals surface area contributed by atoms with Crippen LogP contribution in [-0.4, -0.2) is 60.0 Å². The molecule has 1 aromatic heterocycles. The smallest absolute Gasteiger partial charge is 0.277 e. The first-order valence-electron chi connectivity index (χ1n) is 9.46. The van der Waals surface area contributed by atoms with Gasteiger partial charge in [0.1, 0.15) is 5.69 Å². The molecule has 3 heterocycles. The van der Waals surface area contributed by atoms with Crippen LogP contribution < -0.4 is 9.80 Å². The van der Waals surface area contributed by atoms with Gasteiger partial charge in [-0.25, -0.2) is 9.97 Å². The van der Waals surface area contributed by atoms with E-state index < -0.39 is 0 Å². The third kappa shape index (κ3) is 3.29. The molecule has 0 saturated carbocycles. The minimum atomic E-state index is -0.0343. The lowest BCUT2D eigenvalue weighted by Gasteiger charge is -2.34. The molecule has 0 atom stereocenters. The lowest BCUT2D eigenvalue weighted by atomic mass is 10.0. The van der Waals surface area contributed by atoms with E-state index >= 15 is 0 Å². The molecule has 6 nitrogen and oxygen atoms in total. The minimum Gasteiger partial charge on any atom is -0.338 e. The van der Waals surface area contributed by atoms with Crippen LogP contribution in [0.4, 0.5) is 11.6 Å². The lowest BCUT2D eigenvalue weighted by Crippen LogP contribution is -2.47. The maximum atomic E-state index is 13.1. The van der Waals surface area contributed by atoms with Gasteiger partial charge in [-0.1, -0.05) is 25.1 Å². The highest BCUT2D eigenvalue weighted by Gasteiger charge is 2.25. The molecule has 1 saturated heterocycles. The van der Waals surface area contributed by atoms with E-state index in [2.05, 4.69) is 32.8 Å². The highest BCUT2D eigenvalue weighted by Crippen LogP contribution is 2.28. The van der Waals surface area contributed by atoms with Crippen molar-refractivity contribution in [1.29, 1.82) is 0 Å². The Labute approximate surface area is 154 Å². The molecule has 2 aliphatic rings. The van der Waals surface area contributed by atoms with Crippen LogP contribution in [0.15, 0.2) is 36.5 Å². The third-order valence-electron chi connectivity index (χ3n) is 5.32. The van der Waals surface area contributed by atoms with E-state index in [1.807, 2.05) is 23.1 Å². The standard InChI is InChI=1S/C20H25N5O/c1-2-23-12-14-24(15-13-23)20-21-10-9-17(22-20)19(26)25-11-5-7-16-6-3-4-8-18(16)25/h3-4,6,8-10H,2,5,7,11-15H2,1H3. The van der Waals surface area contributed by atoms with Crippen LogP contribution in [-0.2, 0) is 6.42 Å². The maximum absolute atomic E-state index is 13.1. The van der Waals surface area contributed by atoms with Crippen molar-refractivity contribution in [3.8, 4) is 0 Å². The number of para-hydroxylation sites is 1. The van der Waals surface area contributed by atoms with E-state index in [4.69, 9.17) is 0 Å². The largest absolute Gasteiger partial charge is 0.338 e. The van der Waals surface area contributed by atoms with Crippen LogP contribution in [0.2, 0.25) is 0 Å². The Bertz CT molecular complexity index is 785. The molecule has 0 unspecified atom stereocenters. The summed E-state index contributed by atoms with van der Waals surface area (Å²) in [5, 5.41) is 0. The molecule has 1 aromatic carbocycles. The summed E-state index contributed by atoms with van der Waals surface area (Å²) < 4.78 is 0. The topological polar surface area (TPSA) is 52.6 Å². The molecule has 0 N–H and O–H groups in total. The molecule has 0 radical (unpaired) electrons. The van der Waals surface area contributed by atoms with Gasteiger partial charge < -0.3 is 14.7 Å². The number of likely N-dealkylation sites (N-methyl/N-ethyl adjacent to an activating group) is 1. The molecular weight excluding hydrogens is 326 g/mol. The maximum Gasteiger partial charge on any atom is 0.277 e. The summed E-state index contributed by atoms with van der Waals surface area (Å²) in [7, 11) is 0. The number of piperazine rings is 1. The first-order chi connectivity index (χ1) is 12.8. The Morgan fingerprint density at radius 2 is 1.88 bits per heavy atom. The van der Waals surface area contributed by atoms with E-state index in [1.165, 1.54) is 5.56 Å². The van der Waals surface area contributed by atoms with Gasteiger partial charge >= 0.3 is 0 Å². The number of anilines is 2. The Kier molecular flexibility index (Phi) is 4.84. The average Bonchev–Trinajstić information content (AvgIpc) is 2.73. The van der Waals surface area contributed by atoms with Gasteiger partial charge in [-0.2, -0.15) is 0 Å². The molecule has 0 aliphatic carbocycles. The summed E-state index contributed by atoms with van der Waals surface area (Å²) in [4.78, 5) is 28.6. The van der Waals surface area contributed by atoms with Gasteiger partial charge in [0.05, 0.1) is 0 Å². The summed E-state index contributed by atoms with van der Waals surface area (Å²) in [6, 6.07) is 9.88. The van der Waals surface area contributed by atoms with Crippen molar-refractivity contribution in [3.05, 3.63) is 47.8 Å². The number of rotatable bonds is 3. The van der Waals surface area contributed by atoms with Crippen LogP contribution in [0.1, 0.15) is 29.4 Å². The predicted octanol–water partition coefficient (Wildman–Crippen LogP) is 2.21. The zero-order valence-electron chi connectivity index (χ0n) is 15.3. The number of carbonyl (C=O) groups is 1. The monoisotopic (exact) mass is 351 g/mol. The highest BCUT2D eigenvalue weighted by atomic mass is 16.2. The fourth-order valence-electron chi connectivity index (χ4n) is 3.77. The molecule has 4 rings (SSSR count). The van der Waals surface area contributed by atoms with Crippen LogP contribution in [0.25, 0.3) is 0 Å². The van der Waals surface area contributed by atoms with Gasteiger partial charge in [-0.05, 0) is 37.1 Å². The van der Waals surface area contributed by atoms with Gasteiger partial charge in [0, 0.05) is 44.6 Å². The lowest BCUT2D eigenvalue weighted by molar-refractivity contribution is 0.0980. The molecule has 2 aromatic rings. The van der Waals surface area contributed by atoms with E-state index in [1.54, 1.807) is 12.3 Å². The molecule has 1 amide bonds. The summed E-state index contributed by atoms with van der Waals surface area (Å²) in [6.07, 6.45) is 3.72. The summed E-state index contributed by atoms with van der Waals surface area (Å²) in [5.74, 6) is 0.630. The summed E-state index contributed by atoms with van der Waals surface area (Å²) in [6.45, 7) is 7.82. The Morgan fingerprint density at radius 3 is 2.69 bits per heavy atom. The van der Waals surface area contributed by atoms with Crippen molar-refractivity contribution >= 4 is 17.5 Å². The second-order valence-electron chi connectivity index (χ2n) is 6.85. The Morgan fingerprint density at radius 1 is 1.08 bits per heavy atom. The first-order valence-corrected chi connectivity index (χ1v) is 9.46. The minimum absolute atomic E-state index is 0.0343. The second kappa shape index (κ2) is 7.41. The van der Waals surface area contributed by atoms with Crippen molar-refractivity contribution in [2.75, 3.05) is 49.1 Å². The van der Waals surface area contributed by atoms with Crippen molar-refractivity contribution in [1.82, 2.24) is 14.9 Å². The highest BCUT2D eigenvalue weighted by molar-refractivity contribution is 6.05. The van der Waals surface area contributed by atoms with Gasteiger partial charge in [-0.15, -0.1) is 0 Å². The SMILES string of the molecule is CCN1CCN(c2nccc(C(=O)N3CCCc4ccccc43)n2)CC1. The van der Waals surface area contributed by atoms with E-state index in [0.717, 1.165) is 57.8 Å². The molecule has 136 valence electrons. The number of benzene rings is 1. The summed E-state index contributed by atoms with van der Waals surface area (Å²) in [5.41, 5.74) is 2.72. The van der Waals surface area contributed by atoms with Gasteiger partial charge in [0.2, 0.25) is 5.95 Å². The normalized spacial score (nSPS) is 17.9. The molecule has 6 heteroatoms. The van der Waals surface area contributed by atoms with E-state index in [9.17, 15) is 4.79 Å². The number of hydrogen-bond acceptors (Lipinski definition) is 5. The first kappa shape index (κ1) is 17.0. The van der Waals surface area contributed by atoms with Gasteiger partial charge in [0.25, 0.3) is 5.91 Å². The van der Waals surface area contributed by atoms with Crippen LogP contribution in [0.3, 0.4) is 0 Å². The number of nitrogens with zero attached hydrogens (tertiary/aromatic N) is 5. The number of carbonyl (C=O) groups excluding carboxylic acids is 1. The Balaban J connectivity index is 1.55. The quantitative estimate of drug-likeness (QED) is 0.849. The predicted molar refractivity (Wildman–Crippen MR) is 103 cm³/mol. The molecule has 2 aliphatic heterocycles. The fourth-order valence-corrected chi connectivity index (χ4v) is 3.77. The number of aryl methyl sites for hydroxylation is 1. The average molecular weight is 351 g/mol. The van der Waals surface area contributed by atoms with Crippen molar-refractivity contribution < 1.29 is 4.79 Å². The molecular formula is C20H25N5O. The zero-order valence-corrected chi connectivity index (χ0v) is 15.3. The molecule has 1 fully saturated rings. The fraction of sp³-hybridized carbons (Fsp3) is 0.450. The molecule has 0 spiro atoms. The Hall–Kier alpha value is -2.47. The van der Waals surface area contributed by atoms with Crippen molar-refractivity contribution in [2.45, 2.75) is 19.8 Å². The molecule has 26 heavy (non-hydrogen) atoms. The van der Waals surface area contributed by atoms with Crippen LogP contribution >= 0.6 is 0 Å². The van der Waals surface area contributed by atoms with Crippen molar-refractivity contribution in [3.63, 3.8) is 0 Å². The van der Waals surface area contributed by atoms with Gasteiger partial charge in [-0.3, -0.25) is 4.79 Å². The third-order valence-corrected chi connectivity index (χ3v) is 5.32. The second-order valence-corrected chi connectivity index (χ2v) is 6.85. The number of fused-ring (bicyclic) bond motifs is 1. The number of hydrogen-bond donors (Lipinski definition) is 0. The summed E-state index contributed by atoms with van der Waals surface area (Å²) >= 11 is 0. The number of aromatic nitrogens is 2. The molecule has 0 bridgehead atoms. The van der Waals surface area contributed by atoms with Crippen LogP contribution in [0.5, 0.6) is 0 Å². The number of amides is 1. The van der Waals surface area contributed by atoms with Crippen molar-refractivity contribution in [2.24, 2.45) is 0 Å². The van der Waals surface area contributed by atoms with Gasteiger partial charge in [0.15, 0.2) is 0 Å². The van der Waals surface area contributed by atoms with E-state index in [0.29, 0.717) is 11.6 Å². The zero-order chi connectivity index (χ0) is 17.9.